The molecule has 3 nitrogen and oxygen atoms in total. The minimum Gasteiger partial charge on any atom is -0.372 e. The molecular weight excluding hydrogens is 254 g/mol. The van der Waals surface area contributed by atoms with E-state index in [1.807, 2.05) is 12.1 Å². The molecule has 2 N–H and O–H groups in total. The fourth-order valence-corrected chi connectivity index (χ4v) is 2.19. The van der Waals surface area contributed by atoms with E-state index in [1.165, 1.54) is 5.69 Å². The van der Waals surface area contributed by atoms with Crippen LogP contribution in [0.2, 0.25) is 0 Å². The Bertz CT molecular complexity index is 439. The van der Waals surface area contributed by atoms with Crippen molar-refractivity contribution in [2.75, 3.05) is 18.0 Å². The summed E-state index contributed by atoms with van der Waals surface area (Å²) in [6.07, 6.45) is 4.09. The van der Waals surface area contributed by atoms with Crippen LogP contribution in [0.5, 0.6) is 0 Å². The number of nitrogens with zero attached hydrogens (tertiary/aromatic N) is 2. The second-order valence-electron chi connectivity index (χ2n) is 4.32. The lowest BCUT2D eigenvalue weighted by atomic mass is 10.1. The van der Waals surface area contributed by atoms with Gasteiger partial charge in [-0.3, -0.25) is 5.14 Å². The molecule has 4 heteroatoms. The molecule has 0 heterocycles. The fraction of sp³-hybridized carbons (Fsp3) is 0.400. The van der Waals surface area contributed by atoms with E-state index in [9.17, 15) is 0 Å². The van der Waals surface area contributed by atoms with Gasteiger partial charge in [-0.2, -0.15) is 5.26 Å². The monoisotopic (exact) mass is 275 g/mol. The molecule has 0 spiro atoms. The number of allylic oxidation sites excluding steroid dienone is 1. The molecule has 0 bridgehead atoms. The summed E-state index contributed by atoms with van der Waals surface area (Å²) in [5.74, 6) is 0. The van der Waals surface area contributed by atoms with Crippen LogP contribution in [0.1, 0.15) is 32.3 Å². The summed E-state index contributed by atoms with van der Waals surface area (Å²) in [6.45, 7) is 6.53. The summed E-state index contributed by atoms with van der Waals surface area (Å²) in [5.41, 5.74) is 2.24. The lowest BCUT2D eigenvalue weighted by Crippen LogP contribution is -2.24. The Balaban J connectivity index is 2.85. The highest BCUT2D eigenvalue weighted by Gasteiger charge is 2.04. The Morgan fingerprint density at radius 3 is 2.26 bits per heavy atom. The summed E-state index contributed by atoms with van der Waals surface area (Å²) in [7, 11) is 0. The SMILES string of the molecule is CCCN(CCC)c1ccc(/C=C(\C#N)SN)cc1. The van der Waals surface area contributed by atoms with E-state index in [4.69, 9.17) is 10.4 Å². The molecule has 1 aromatic rings. The summed E-state index contributed by atoms with van der Waals surface area (Å²) in [5, 5.41) is 14.2. The maximum atomic E-state index is 8.84. The van der Waals surface area contributed by atoms with Crippen molar-refractivity contribution in [2.45, 2.75) is 26.7 Å². The van der Waals surface area contributed by atoms with Crippen molar-refractivity contribution in [2.24, 2.45) is 5.14 Å². The Labute approximate surface area is 120 Å². The molecule has 0 unspecified atom stereocenters. The zero-order valence-corrected chi connectivity index (χ0v) is 12.4. The lowest BCUT2D eigenvalue weighted by molar-refractivity contribution is 0.745. The summed E-state index contributed by atoms with van der Waals surface area (Å²) in [4.78, 5) is 2.91. The Hall–Kier alpha value is -1.44. The van der Waals surface area contributed by atoms with Gasteiger partial charge in [-0.25, -0.2) is 0 Å². The quantitative estimate of drug-likeness (QED) is 0.607. The highest BCUT2D eigenvalue weighted by Crippen LogP contribution is 2.19. The van der Waals surface area contributed by atoms with Crippen molar-refractivity contribution in [3.63, 3.8) is 0 Å². The van der Waals surface area contributed by atoms with E-state index in [1.54, 1.807) is 6.08 Å². The van der Waals surface area contributed by atoms with Crippen molar-refractivity contribution in [1.82, 2.24) is 0 Å². The standard InChI is InChI=1S/C15H21N3S/c1-3-9-18(10-4-2)14-7-5-13(6-8-14)11-15(12-16)19-17/h5-8,11H,3-4,9-10,17H2,1-2H3/b15-11+. The molecule has 0 aromatic heterocycles. The van der Waals surface area contributed by atoms with E-state index in [-0.39, 0.29) is 0 Å². The first-order valence-corrected chi connectivity index (χ1v) is 7.46. The number of rotatable bonds is 7. The van der Waals surface area contributed by atoms with E-state index in [0.717, 1.165) is 43.4 Å². The molecule has 0 aliphatic heterocycles. The van der Waals surface area contributed by atoms with Gasteiger partial charge in [0.15, 0.2) is 0 Å². The Kier molecular flexibility index (Phi) is 7.09. The van der Waals surface area contributed by atoms with Crippen LogP contribution in [0.25, 0.3) is 6.08 Å². The lowest BCUT2D eigenvalue weighted by Gasteiger charge is -2.23. The highest BCUT2D eigenvalue weighted by atomic mass is 32.2. The zero-order chi connectivity index (χ0) is 14.1. The zero-order valence-electron chi connectivity index (χ0n) is 11.6. The van der Waals surface area contributed by atoms with Gasteiger partial charge in [-0.1, -0.05) is 26.0 Å². The topological polar surface area (TPSA) is 53.0 Å². The predicted molar refractivity (Wildman–Crippen MR) is 84.6 cm³/mol. The van der Waals surface area contributed by atoms with Crippen LogP contribution in [-0.2, 0) is 0 Å². The van der Waals surface area contributed by atoms with Crippen LogP contribution in [0.3, 0.4) is 0 Å². The van der Waals surface area contributed by atoms with Crippen LogP contribution in [-0.4, -0.2) is 13.1 Å². The number of hydrogen-bond acceptors (Lipinski definition) is 4. The molecule has 0 aliphatic carbocycles. The average molecular weight is 275 g/mol. The van der Waals surface area contributed by atoms with Gasteiger partial charge in [-0.15, -0.1) is 0 Å². The van der Waals surface area contributed by atoms with Crippen LogP contribution >= 0.6 is 11.9 Å². The molecule has 102 valence electrons. The number of nitriles is 1. The van der Waals surface area contributed by atoms with Gasteiger partial charge in [-0.05, 0) is 48.6 Å². The molecule has 0 saturated carbocycles. The first-order chi connectivity index (χ1) is 9.24. The highest BCUT2D eigenvalue weighted by molar-refractivity contribution is 8.01. The Morgan fingerprint density at radius 2 is 1.84 bits per heavy atom. The number of nitrogens with two attached hydrogens (primary N) is 1. The van der Waals surface area contributed by atoms with Crippen molar-refractivity contribution in [3.05, 3.63) is 34.7 Å². The van der Waals surface area contributed by atoms with Gasteiger partial charge in [0.1, 0.15) is 11.0 Å². The maximum absolute atomic E-state index is 8.84. The number of hydrogen-bond donors (Lipinski definition) is 1. The third kappa shape index (κ3) is 4.98. The molecule has 0 radical (unpaired) electrons. The van der Waals surface area contributed by atoms with Crippen LogP contribution < -0.4 is 10.0 Å². The van der Waals surface area contributed by atoms with E-state index < -0.39 is 0 Å². The molecular formula is C15H21N3S. The van der Waals surface area contributed by atoms with Crippen molar-refractivity contribution in [3.8, 4) is 6.07 Å². The second-order valence-corrected chi connectivity index (χ2v) is 4.99. The largest absolute Gasteiger partial charge is 0.372 e. The van der Waals surface area contributed by atoms with E-state index >= 15 is 0 Å². The molecule has 0 atom stereocenters. The van der Waals surface area contributed by atoms with Crippen molar-refractivity contribution >= 4 is 23.7 Å². The molecule has 0 saturated heterocycles. The van der Waals surface area contributed by atoms with Crippen LogP contribution in [0.4, 0.5) is 5.69 Å². The van der Waals surface area contributed by atoms with Crippen LogP contribution in [0.15, 0.2) is 29.2 Å². The molecule has 0 aliphatic rings. The minimum atomic E-state index is 0.520. The van der Waals surface area contributed by atoms with Crippen molar-refractivity contribution < 1.29 is 0 Å². The van der Waals surface area contributed by atoms with Crippen LogP contribution in [0, 0.1) is 11.3 Å². The summed E-state index contributed by atoms with van der Waals surface area (Å²) in [6, 6.07) is 10.3. The number of benzene rings is 1. The second kappa shape index (κ2) is 8.63. The van der Waals surface area contributed by atoms with Gasteiger partial charge in [0.05, 0.1) is 0 Å². The Morgan fingerprint density at radius 1 is 1.26 bits per heavy atom. The summed E-state index contributed by atoms with van der Waals surface area (Å²) < 4.78 is 0. The van der Waals surface area contributed by atoms with Gasteiger partial charge in [0.2, 0.25) is 0 Å². The van der Waals surface area contributed by atoms with E-state index in [2.05, 4.69) is 36.9 Å². The number of anilines is 1. The normalized spacial score (nSPS) is 11.2. The third-order valence-corrected chi connectivity index (χ3v) is 3.24. The molecule has 1 aromatic carbocycles. The molecule has 0 amide bonds. The smallest absolute Gasteiger partial charge is 0.107 e. The van der Waals surface area contributed by atoms with Gasteiger partial charge >= 0.3 is 0 Å². The van der Waals surface area contributed by atoms with E-state index in [0.29, 0.717) is 4.91 Å². The fourth-order valence-electron chi connectivity index (χ4n) is 1.94. The average Bonchev–Trinajstić information content (AvgIpc) is 2.45. The van der Waals surface area contributed by atoms with Gasteiger partial charge < -0.3 is 4.90 Å². The molecule has 0 fully saturated rings. The summed E-state index contributed by atoms with van der Waals surface area (Å²) >= 11 is 0.981. The maximum Gasteiger partial charge on any atom is 0.107 e. The predicted octanol–water partition coefficient (Wildman–Crippen LogP) is 3.78. The van der Waals surface area contributed by atoms with Gasteiger partial charge in [0.25, 0.3) is 0 Å². The first-order valence-electron chi connectivity index (χ1n) is 6.58. The first kappa shape index (κ1) is 15.6. The van der Waals surface area contributed by atoms with Gasteiger partial charge in [0, 0.05) is 18.8 Å². The molecule has 19 heavy (non-hydrogen) atoms. The minimum absolute atomic E-state index is 0.520. The molecule has 1 rings (SSSR count). The third-order valence-electron chi connectivity index (χ3n) is 2.78. The van der Waals surface area contributed by atoms with Crippen molar-refractivity contribution in [1.29, 1.82) is 5.26 Å².